The van der Waals surface area contributed by atoms with Crippen LogP contribution >= 0.6 is 24.0 Å². The van der Waals surface area contributed by atoms with Crippen LogP contribution in [-0.4, -0.2) is 45.5 Å². The van der Waals surface area contributed by atoms with E-state index < -0.39 is 41.6 Å². The van der Waals surface area contributed by atoms with E-state index >= 15 is 0 Å². The van der Waals surface area contributed by atoms with Crippen LogP contribution in [0.2, 0.25) is 0 Å². The summed E-state index contributed by atoms with van der Waals surface area (Å²) in [6.45, 7) is 1.79. The maximum absolute atomic E-state index is 14.5. The Balaban J connectivity index is 1.11. The van der Waals surface area contributed by atoms with E-state index in [1.54, 1.807) is 6.92 Å². The standard InChI is InChI=1S/C46H39N5O5S2/c1-29-37(49-45(47)58-29)39(50-56-46(32-21-11-4-12-22-32,33-23-13-5-14-24-33)34-25-15-6-16-26-34)42(52)48-38-35-27-28-36(57)40(51(35)43(38)53)44(54)55-41(30-17-7-2-8-18-30)31-19-9-3-10-20-31/h2-26,35,38,41,57H,27-28H2,1H3,(H2,47,49)(H,48,52)/b50-39-/t35?,38-/m1/s1. The summed E-state index contributed by atoms with van der Waals surface area (Å²) in [5.41, 5.74) is 8.85. The molecule has 58 heavy (non-hydrogen) atoms. The number of nitrogens with one attached hydrogen (secondary N) is 1. The zero-order valence-corrected chi connectivity index (χ0v) is 33.1. The smallest absolute Gasteiger partial charge is 0.356 e. The first-order valence-electron chi connectivity index (χ1n) is 18.8. The first kappa shape index (κ1) is 38.4. The second-order valence-electron chi connectivity index (χ2n) is 13.9. The summed E-state index contributed by atoms with van der Waals surface area (Å²) in [6.07, 6.45) is 0.130. The third kappa shape index (κ3) is 7.28. The summed E-state index contributed by atoms with van der Waals surface area (Å²) in [4.78, 5) is 56.2. The van der Waals surface area contributed by atoms with Crippen LogP contribution in [0.25, 0.3) is 0 Å². The summed E-state index contributed by atoms with van der Waals surface area (Å²) in [7, 11) is 0. The molecule has 0 radical (unpaired) electrons. The topological polar surface area (TPSA) is 136 Å². The molecule has 3 heterocycles. The molecule has 0 spiro atoms. The van der Waals surface area contributed by atoms with E-state index in [9.17, 15) is 14.4 Å². The predicted molar refractivity (Wildman–Crippen MR) is 227 cm³/mol. The average molecular weight is 806 g/mol. The molecule has 1 unspecified atom stereocenters. The molecule has 8 rings (SSSR count). The average Bonchev–Trinajstić information content (AvgIpc) is 3.61. The van der Waals surface area contributed by atoms with Gasteiger partial charge in [-0.25, -0.2) is 9.78 Å². The van der Waals surface area contributed by atoms with Gasteiger partial charge in [0, 0.05) is 26.5 Å². The van der Waals surface area contributed by atoms with E-state index in [0.29, 0.717) is 22.6 Å². The molecule has 290 valence electrons. The number of esters is 1. The number of carbonyl (C=O) groups excluding carboxylic acids is 3. The van der Waals surface area contributed by atoms with Gasteiger partial charge >= 0.3 is 5.97 Å². The Kier molecular flexibility index (Phi) is 10.9. The molecule has 0 aliphatic carbocycles. The zero-order valence-electron chi connectivity index (χ0n) is 31.4. The van der Waals surface area contributed by atoms with E-state index in [0.717, 1.165) is 27.8 Å². The molecule has 3 N–H and O–H groups in total. The number of β-lactam (4-membered cyclic amide) rings is 1. The number of amides is 2. The number of nitrogens with two attached hydrogens (primary N) is 1. The third-order valence-corrected chi connectivity index (χ3v) is 11.6. The molecular weight excluding hydrogens is 767 g/mol. The van der Waals surface area contributed by atoms with E-state index in [1.807, 2.05) is 152 Å². The van der Waals surface area contributed by atoms with Crippen LogP contribution in [0.15, 0.2) is 167 Å². The summed E-state index contributed by atoms with van der Waals surface area (Å²) < 4.78 is 6.15. The molecule has 1 fully saturated rings. The van der Waals surface area contributed by atoms with E-state index in [-0.39, 0.29) is 22.2 Å². The number of benzene rings is 5. The van der Waals surface area contributed by atoms with Gasteiger partial charge in [-0.2, -0.15) is 0 Å². The molecule has 2 amide bonds. The van der Waals surface area contributed by atoms with Crippen molar-refractivity contribution in [3.05, 3.63) is 201 Å². The Bertz CT molecular complexity index is 2360. The van der Waals surface area contributed by atoms with Gasteiger partial charge in [0.15, 0.2) is 16.9 Å². The number of fused-ring (bicyclic) bond motifs is 1. The number of thiol groups is 1. The second-order valence-corrected chi connectivity index (χ2v) is 15.7. The highest BCUT2D eigenvalue weighted by Gasteiger charge is 2.54. The highest BCUT2D eigenvalue weighted by molar-refractivity contribution is 7.84. The van der Waals surface area contributed by atoms with Crippen LogP contribution in [0, 0.1) is 6.92 Å². The Morgan fingerprint density at radius 3 is 1.78 bits per heavy atom. The summed E-state index contributed by atoms with van der Waals surface area (Å²) in [6, 6.07) is 46.2. The molecule has 2 atom stereocenters. The first-order chi connectivity index (χ1) is 28.3. The van der Waals surface area contributed by atoms with Gasteiger partial charge < -0.3 is 20.6 Å². The van der Waals surface area contributed by atoms with Gasteiger partial charge in [-0.1, -0.05) is 157 Å². The van der Waals surface area contributed by atoms with Crippen LogP contribution in [0.3, 0.4) is 0 Å². The van der Waals surface area contributed by atoms with Crippen molar-refractivity contribution in [3.8, 4) is 0 Å². The number of nitrogens with zero attached hydrogens (tertiary/aromatic N) is 3. The molecule has 5 aromatic carbocycles. The van der Waals surface area contributed by atoms with E-state index in [1.165, 1.54) is 16.2 Å². The van der Waals surface area contributed by atoms with Gasteiger partial charge in [-0.05, 0) is 30.9 Å². The lowest BCUT2D eigenvalue weighted by Gasteiger charge is -2.50. The lowest BCUT2D eigenvalue weighted by Crippen LogP contribution is -2.72. The van der Waals surface area contributed by atoms with Gasteiger partial charge in [-0.15, -0.1) is 24.0 Å². The van der Waals surface area contributed by atoms with Crippen LogP contribution in [0.1, 0.15) is 57.3 Å². The highest BCUT2D eigenvalue weighted by atomic mass is 32.1. The predicted octanol–water partition coefficient (Wildman–Crippen LogP) is 7.71. The van der Waals surface area contributed by atoms with Crippen molar-refractivity contribution < 1.29 is 24.0 Å². The lowest BCUT2D eigenvalue weighted by atomic mass is 9.80. The molecule has 0 saturated carbocycles. The van der Waals surface area contributed by atoms with E-state index in [2.05, 4.69) is 28.1 Å². The molecule has 2 aliphatic heterocycles. The SMILES string of the molecule is Cc1sc(N)nc1/C(=N/OC(c1ccccc1)(c1ccccc1)c1ccccc1)C(=O)N[C@H]1C(=O)N2C(C(=O)OC(c3ccccc3)c3ccccc3)=C(S)CCC12. The number of ether oxygens (including phenoxy) is 1. The molecule has 2 aliphatic rings. The van der Waals surface area contributed by atoms with Crippen molar-refractivity contribution in [2.45, 2.75) is 43.6 Å². The molecular formula is C46H39N5O5S2. The number of allylic oxidation sites excluding steroid dienone is 1. The fraction of sp³-hybridized carbons (Fsp3) is 0.152. The van der Waals surface area contributed by atoms with Crippen molar-refractivity contribution in [2.75, 3.05) is 5.73 Å². The highest BCUT2D eigenvalue weighted by Crippen LogP contribution is 2.42. The number of aryl methyl sites for hydroxylation is 1. The minimum absolute atomic E-state index is 0.0608. The largest absolute Gasteiger partial charge is 0.448 e. The zero-order chi connectivity index (χ0) is 40.2. The van der Waals surface area contributed by atoms with Crippen molar-refractivity contribution >= 4 is 52.6 Å². The number of anilines is 1. The van der Waals surface area contributed by atoms with E-state index in [4.69, 9.17) is 15.3 Å². The maximum atomic E-state index is 14.5. The normalized spacial score (nSPS) is 16.7. The number of rotatable bonds is 12. The number of carbonyl (C=O) groups is 3. The fourth-order valence-electron chi connectivity index (χ4n) is 7.61. The Morgan fingerprint density at radius 2 is 1.31 bits per heavy atom. The monoisotopic (exact) mass is 805 g/mol. The fourth-order valence-corrected chi connectivity index (χ4v) is 8.63. The molecule has 10 nitrogen and oxygen atoms in total. The minimum Gasteiger partial charge on any atom is -0.448 e. The lowest BCUT2D eigenvalue weighted by molar-refractivity contribution is -0.158. The van der Waals surface area contributed by atoms with Crippen LogP contribution in [0.5, 0.6) is 0 Å². The quantitative estimate of drug-likeness (QED) is 0.0288. The summed E-state index contributed by atoms with van der Waals surface area (Å²) in [5.74, 6) is -1.85. The Labute approximate surface area is 345 Å². The van der Waals surface area contributed by atoms with Crippen molar-refractivity contribution in [1.82, 2.24) is 15.2 Å². The van der Waals surface area contributed by atoms with Gasteiger partial charge in [-0.3, -0.25) is 14.5 Å². The number of hydrogen-bond acceptors (Lipinski definition) is 10. The van der Waals surface area contributed by atoms with Crippen molar-refractivity contribution in [1.29, 1.82) is 0 Å². The third-order valence-electron chi connectivity index (χ3n) is 10.4. The molecule has 0 bridgehead atoms. The molecule has 6 aromatic rings. The van der Waals surface area contributed by atoms with Gasteiger partial charge in [0.1, 0.15) is 17.4 Å². The molecule has 12 heteroatoms. The molecule has 1 saturated heterocycles. The number of oxime groups is 1. The Hall–Kier alpha value is -6.50. The second kappa shape index (κ2) is 16.5. The number of nitrogen functional groups attached to an aromatic ring is 1. The maximum Gasteiger partial charge on any atom is 0.356 e. The van der Waals surface area contributed by atoms with Crippen molar-refractivity contribution in [3.63, 3.8) is 0 Å². The van der Waals surface area contributed by atoms with Crippen molar-refractivity contribution in [2.24, 2.45) is 5.16 Å². The summed E-state index contributed by atoms with van der Waals surface area (Å²) >= 11 is 5.86. The van der Waals surface area contributed by atoms with Crippen LogP contribution < -0.4 is 11.1 Å². The van der Waals surface area contributed by atoms with Gasteiger partial charge in [0.25, 0.3) is 11.8 Å². The number of thiazole rings is 1. The van der Waals surface area contributed by atoms with Crippen LogP contribution in [-0.2, 0) is 29.6 Å². The number of hydrogen-bond donors (Lipinski definition) is 3. The Morgan fingerprint density at radius 1 is 0.828 bits per heavy atom. The minimum atomic E-state index is -1.29. The van der Waals surface area contributed by atoms with Gasteiger partial charge in [0.05, 0.1) is 6.04 Å². The molecule has 1 aromatic heterocycles. The first-order valence-corrected chi connectivity index (χ1v) is 20.1. The van der Waals surface area contributed by atoms with Crippen LogP contribution in [0.4, 0.5) is 5.13 Å². The summed E-state index contributed by atoms with van der Waals surface area (Å²) in [5, 5.41) is 7.78. The van der Waals surface area contributed by atoms with Gasteiger partial charge in [0.2, 0.25) is 5.60 Å². The number of aromatic nitrogens is 1.